The van der Waals surface area contributed by atoms with Gasteiger partial charge in [-0.05, 0) is 62.0 Å². The summed E-state index contributed by atoms with van der Waals surface area (Å²) in [6, 6.07) is 19.6. The van der Waals surface area contributed by atoms with E-state index in [1.165, 1.54) is 6.07 Å². The zero-order chi connectivity index (χ0) is 29.8. The maximum Gasteiger partial charge on any atom is 0.227 e. The van der Waals surface area contributed by atoms with E-state index in [1.807, 2.05) is 30.3 Å². The smallest absolute Gasteiger partial charge is 0.227 e. The van der Waals surface area contributed by atoms with Gasteiger partial charge in [-0.3, -0.25) is 4.79 Å². The van der Waals surface area contributed by atoms with Crippen LogP contribution in [0.4, 0.5) is 16.0 Å². The van der Waals surface area contributed by atoms with Crippen molar-refractivity contribution in [3.63, 3.8) is 0 Å². The van der Waals surface area contributed by atoms with E-state index in [1.54, 1.807) is 36.5 Å². The van der Waals surface area contributed by atoms with Gasteiger partial charge in [0.2, 0.25) is 11.9 Å². The Hall–Kier alpha value is -4.18. The number of hydrogen-bond acceptors (Lipinski definition) is 7. The molecule has 3 aromatic carbocycles. The van der Waals surface area contributed by atoms with Crippen LogP contribution in [0.1, 0.15) is 12.0 Å². The molecule has 0 radical (unpaired) electrons. The first-order valence-corrected chi connectivity index (χ1v) is 14.9. The third-order valence-corrected chi connectivity index (χ3v) is 7.97. The number of fused-ring (bicyclic) bond motifs is 3. The van der Waals surface area contributed by atoms with Crippen LogP contribution < -0.4 is 10.6 Å². The van der Waals surface area contributed by atoms with E-state index in [0.29, 0.717) is 45.2 Å². The highest BCUT2D eigenvalue weighted by Crippen LogP contribution is 2.34. The topological polar surface area (TPSA) is 86.3 Å². The predicted octanol–water partition coefficient (Wildman–Crippen LogP) is 5.68. The number of piperazine rings is 1. The first-order valence-electron chi connectivity index (χ1n) is 14.5. The Balaban J connectivity index is 1.15. The molecule has 1 amide bonds. The van der Waals surface area contributed by atoms with Gasteiger partial charge >= 0.3 is 0 Å². The number of benzene rings is 3. The van der Waals surface area contributed by atoms with E-state index < -0.39 is 0 Å². The van der Waals surface area contributed by atoms with E-state index >= 15 is 0 Å². The maximum absolute atomic E-state index is 14.7. The predicted molar refractivity (Wildman–Crippen MR) is 170 cm³/mol. The van der Waals surface area contributed by atoms with Crippen LogP contribution in [0.3, 0.4) is 0 Å². The molecule has 220 valence electrons. The number of pyridine rings is 1. The lowest BCUT2D eigenvalue weighted by Gasteiger charge is -2.32. The van der Waals surface area contributed by atoms with E-state index in [-0.39, 0.29) is 18.1 Å². The van der Waals surface area contributed by atoms with Gasteiger partial charge in [-0.25, -0.2) is 19.3 Å². The molecule has 0 atom stereocenters. The Morgan fingerprint density at radius 1 is 0.977 bits per heavy atom. The molecule has 6 rings (SSSR count). The summed E-state index contributed by atoms with van der Waals surface area (Å²) in [7, 11) is 2.15. The van der Waals surface area contributed by atoms with Gasteiger partial charge in [0.25, 0.3) is 0 Å². The van der Waals surface area contributed by atoms with Crippen molar-refractivity contribution >= 4 is 50.9 Å². The minimum Gasteiger partial charge on any atom is -0.356 e. The highest BCUT2D eigenvalue weighted by Gasteiger charge is 2.16. The highest BCUT2D eigenvalue weighted by molar-refractivity contribution is 6.31. The molecule has 3 heterocycles. The molecule has 2 aromatic heterocycles. The van der Waals surface area contributed by atoms with E-state index in [0.717, 1.165) is 55.8 Å². The number of carbonyl (C=O) groups excluding carboxylic acids is 1. The maximum atomic E-state index is 14.7. The van der Waals surface area contributed by atoms with Crippen LogP contribution in [0.2, 0.25) is 5.02 Å². The summed E-state index contributed by atoms with van der Waals surface area (Å²) in [5, 5.41) is 8.32. The van der Waals surface area contributed by atoms with E-state index in [4.69, 9.17) is 21.6 Å². The van der Waals surface area contributed by atoms with Crippen LogP contribution in [0, 0.1) is 5.82 Å². The number of carbonyl (C=O) groups is 1. The number of aromatic nitrogens is 3. The summed E-state index contributed by atoms with van der Waals surface area (Å²) in [5.74, 6) is 0.0168. The van der Waals surface area contributed by atoms with Gasteiger partial charge in [-0.15, -0.1) is 0 Å². The van der Waals surface area contributed by atoms with E-state index in [9.17, 15) is 9.18 Å². The number of hydrogen-bond donors (Lipinski definition) is 2. The largest absolute Gasteiger partial charge is 0.356 e. The standard InChI is InChI=1S/C33H33ClFN7O/c1-41-14-16-42(17-15-41)13-5-12-36-30(43)19-22-6-4-7-24(18-22)38-33-37-21-29-32(40-33)25-11-10-23(34)20-27(25)31(39-29)26-8-2-3-9-28(26)35/h2-4,6-11,18,20-21H,5,12-17,19H2,1H3,(H,36,43)(H,37,38,40). The van der Waals surface area contributed by atoms with Crippen LogP contribution in [-0.4, -0.2) is 77.0 Å². The molecule has 1 saturated heterocycles. The molecule has 1 aliphatic rings. The summed E-state index contributed by atoms with van der Waals surface area (Å²) in [6.07, 6.45) is 2.85. The van der Waals surface area contributed by atoms with Crippen LogP contribution in [0.15, 0.2) is 72.9 Å². The Kier molecular flexibility index (Phi) is 8.74. The molecule has 2 N–H and O–H groups in total. The van der Waals surface area contributed by atoms with Gasteiger partial charge in [-0.2, -0.15) is 0 Å². The molecule has 0 bridgehead atoms. The van der Waals surface area contributed by atoms with Crippen LogP contribution in [-0.2, 0) is 11.2 Å². The first-order chi connectivity index (χ1) is 20.9. The lowest BCUT2D eigenvalue weighted by Crippen LogP contribution is -2.45. The Bertz CT molecular complexity index is 1770. The van der Waals surface area contributed by atoms with Crippen molar-refractivity contribution in [1.82, 2.24) is 30.1 Å². The van der Waals surface area contributed by atoms with Gasteiger partial charge in [0, 0.05) is 59.8 Å². The second-order valence-corrected chi connectivity index (χ2v) is 11.3. The number of halogens is 2. The molecule has 0 saturated carbocycles. The molecular formula is C33H33ClFN7O. The molecule has 0 spiro atoms. The Morgan fingerprint density at radius 2 is 1.81 bits per heavy atom. The minimum absolute atomic E-state index is 0.000607. The average molecular weight is 598 g/mol. The Morgan fingerprint density at radius 3 is 2.65 bits per heavy atom. The van der Waals surface area contributed by atoms with Crippen molar-refractivity contribution in [2.24, 2.45) is 0 Å². The summed E-state index contributed by atoms with van der Waals surface area (Å²) >= 11 is 6.33. The van der Waals surface area contributed by atoms with Crippen molar-refractivity contribution in [3.8, 4) is 11.3 Å². The number of nitrogens with zero attached hydrogens (tertiary/aromatic N) is 5. The fraction of sp³-hybridized carbons (Fsp3) is 0.273. The molecular weight excluding hydrogens is 565 g/mol. The second kappa shape index (κ2) is 13.0. The summed E-state index contributed by atoms with van der Waals surface area (Å²) in [6.45, 7) is 6.03. The number of amides is 1. The number of anilines is 2. The van der Waals surface area contributed by atoms with Crippen LogP contribution in [0.5, 0.6) is 0 Å². The third kappa shape index (κ3) is 6.91. The monoisotopic (exact) mass is 597 g/mol. The quantitative estimate of drug-likeness (QED) is 0.167. The molecule has 5 aromatic rings. The fourth-order valence-electron chi connectivity index (χ4n) is 5.41. The van der Waals surface area contributed by atoms with Crippen molar-refractivity contribution in [2.75, 3.05) is 51.6 Å². The van der Waals surface area contributed by atoms with Crippen molar-refractivity contribution < 1.29 is 9.18 Å². The van der Waals surface area contributed by atoms with Crippen LogP contribution in [0.25, 0.3) is 33.1 Å². The number of likely N-dealkylation sites (N-methyl/N-ethyl adjacent to an activating group) is 1. The number of rotatable bonds is 9. The lowest BCUT2D eigenvalue weighted by atomic mass is 10.0. The molecule has 10 heteroatoms. The zero-order valence-corrected chi connectivity index (χ0v) is 24.7. The molecule has 43 heavy (non-hydrogen) atoms. The normalized spacial score (nSPS) is 14.3. The summed E-state index contributed by atoms with van der Waals surface area (Å²) < 4.78 is 14.7. The lowest BCUT2D eigenvalue weighted by molar-refractivity contribution is -0.120. The molecule has 1 aliphatic heterocycles. The van der Waals surface area contributed by atoms with Gasteiger partial charge < -0.3 is 20.4 Å². The SMILES string of the molecule is CN1CCN(CCCNC(=O)Cc2cccc(Nc3ncc4nc(-c5ccccc5F)c5cc(Cl)ccc5c4n3)c2)CC1. The number of nitrogens with one attached hydrogen (secondary N) is 2. The van der Waals surface area contributed by atoms with Gasteiger partial charge in [-0.1, -0.05) is 41.9 Å². The van der Waals surface area contributed by atoms with Crippen molar-refractivity contribution in [1.29, 1.82) is 0 Å². The van der Waals surface area contributed by atoms with Gasteiger partial charge in [0.15, 0.2) is 0 Å². The average Bonchev–Trinajstić information content (AvgIpc) is 3.00. The highest BCUT2D eigenvalue weighted by atomic mass is 35.5. The Labute approximate surface area is 254 Å². The van der Waals surface area contributed by atoms with Gasteiger partial charge in [0.1, 0.15) is 16.9 Å². The summed E-state index contributed by atoms with van der Waals surface area (Å²) in [4.78, 5) is 31.4. The fourth-order valence-corrected chi connectivity index (χ4v) is 5.58. The third-order valence-electron chi connectivity index (χ3n) is 7.74. The molecule has 0 aliphatic carbocycles. The van der Waals surface area contributed by atoms with Crippen molar-refractivity contribution in [2.45, 2.75) is 12.8 Å². The van der Waals surface area contributed by atoms with E-state index in [2.05, 4.69) is 32.5 Å². The van der Waals surface area contributed by atoms with Gasteiger partial charge in [0.05, 0.1) is 18.3 Å². The second-order valence-electron chi connectivity index (χ2n) is 10.9. The van der Waals surface area contributed by atoms with Crippen molar-refractivity contribution in [3.05, 3.63) is 89.3 Å². The zero-order valence-electron chi connectivity index (χ0n) is 24.0. The minimum atomic E-state index is -0.367. The van der Waals surface area contributed by atoms with Crippen LogP contribution >= 0.6 is 11.6 Å². The molecule has 1 fully saturated rings. The molecule has 0 unspecified atom stereocenters. The first kappa shape index (κ1) is 28.9. The summed E-state index contributed by atoms with van der Waals surface area (Å²) in [5.41, 5.74) is 3.68. The molecule has 8 nitrogen and oxygen atoms in total.